The minimum Gasteiger partial charge on any atom is -0.507 e. The van der Waals surface area contributed by atoms with Gasteiger partial charge in [-0.05, 0) is 39.8 Å². The Kier molecular flexibility index (Phi) is 8.09. The molecule has 216 valence electrons. The van der Waals surface area contributed by atoms with Crippen LogP contribution >= 0.6 is 0 Å². The van der Waals surface area contributed by atoms with Crippen molar-refractivity contribution in [2.75, 3.05) is 26.3 Å². The maximum Gasteiger partial charge on any atom is 0.318 e. The molecule has 0 aliphatic carbocycles. The number of rotatable bonds is 9. The maximum absolute atomic E-state index is 13.1. The second-order valence-electron chi connectivity index (χ2n) is 9.62. The molecule has 15 nitrogen and oxygen atoms in total. The van der Waals surface area contributed by atoms with Gasteiger partial charge in [0.25, 0.3) is 5.91 Å². The van der Waals surface area contributed by atoms with E-state index in [1.807, 2.05) is 30.5 Å². The van der Waals surface area contributed by atoms with E-state index in [1.54, 1.807) is 13.3 Å². The summed E-state index contributed by atoms with van der Waals surface area (Å²) in [6, 6.07) is 5.53. The monoisotopic (exact) mass is 569 g/mol. The number of nitrogens with zero attached hydrogens (tertiary/aromatic N) is 5. The largest absolute Gasteiger partial charge is 0.507 e. The van der Waals surface area contributed by atoms with Crippen LogP contribution in [0.3, 0.4) is 0 Å². The highest BCUT2D eigenvalue weighted by Crippen LogP contribution is 2.36. The van der Waals surface area contributed by atoms with E-state index in [2.05, 4.69) is 9.82 Å². The molecule has 5 atom stereocenters. The first-order valence-corrected chi connectivity index (χ1v) is 14.2. The third-order valence-corrected chi connectivity index (χ3v) is 8.51. The normalized spacial score (nSPS) is 27.4. The van der Waals surface area contributed by atoms with E-state index >= 15 is 0 Å². The molecule has 0 saturated carbocycles. The van der Waals surface area contributed by atoms with Gasteiger partial charge in [-0.3, -0.25) is 9.80 Å². The summed E-state index contributed by atoms with van der Waals surface area (Å²) in [5, 5.41) is 33.9. The molecule has 1 aromatic rings. The Labute approximate surface area is 227 Å². The Morgan fingerprint density at radius 2 is 1.82 bits per heavy atom. The summed E-state index contributed by atoms with van der Waals surface area (Å²) in [6.45, 7) is 9.53. The number of amides is 1. The fourth-order valence-electron chi connectivity index (χ4n) is 5.22. The van der Waals surface area contributed by atoms with Crippen LogP contribution in [-0.4, -0.2) is 113 Å². The van der Waals surface area contributed by atoms with Crippen molar-refractivity contribution in [3.05, 3.63) is 41.3 Å². The van der Waals surface area contributed by atoms with E-state index in [-0.39, 0.29) is 29.5 Å². The number of aromatic hydroxyl groups is 1. The number of carbonyl (C=O) groups is 1. The minimum absolute atomic E-state index is 0.194. The van der Waals surface area contributed by atoms with Gasteiger partial charge in [0.05, 0.1) is 31.3 Å². The smallest absolute Gasteiger partial charge is 0.318 e. The van der Waals surface area contributed by atoms with Crippen molar-refractivity contribution in [3.63, 3.8) is 0 Å². The quantitative estimate of drug-likeness (QED) is 0.190. The molecule has 1 fully saturated rings. The van der Waals surface area contributed by atoms with Crippen molar-refractivity contribution in [1.29, 1.82) is 0 Å². The number of nitrogens with one attached hydrogen (secondary N) is 2. The fraction of sp³-hybridized carbons (Fsp3) is 0.565. The van der Waals surface area contributed by atoms with Crippen molar-refractivity contribution < 1.29 is 37.9 Å². The number of benzene rings is 1. The summed E-state index contributed by atoms with van der Waals surface area (Å²) in [5.74, 6) is -1.17. The zero-order valence-electron chi connectivity index (χ0n) is 22.3. The van der Waals surface area contributed by atoms with Crippen LogP contribution in [0.2, 0.25) is 0 Å². The molecular formula is C23H37N8O7S+. The lowest BCUT2D eigenvalue weighted by atomic mass is 10.1. The number of hydrogen-bond acceptors (Lipinski definition) is 12. The number of aliphatic hydroxyl groups is 2. The van der Waals surface area contributed by atoms with E-state index < -0.39 is 46.8 Å². The Bertz CT molecular complexity index is 1250. The van der Waals surface area contributed by atoms with E-state index in [1.165, 1.54) is 34.2 Å². The molecule has 0 aromatic heterocycles. The van der Waals surface area contributed by atoms with Crippen molar-refractivity contribution in [3.8, 4) is 5.75 Å². The van der Waals surface area contributed by atoms with Crippen molar-refractivity contribution >= 4 is 22.5 Å². The number of phenols is 1. The van der Waals surface area contributed by atoms with Crippen LogP contribution in [0.4, 0.5) is 0 Å². The fourth-order valence-corrected chi connectivity index (χ4v) is 6.06. The average molecular weight is 570 g/mol. The molecular weight excluding hydrogens is 532 g/mol. The Hall–Kier alpha value is -2.99. The first-order chi connectivity index (χ1) is 18.4. The second-order valence-corrected chi connectivity index (χ2v) is 11.0. The van der Waals surface area contributed by atoms with Crippen LogP contribution in [-0.2, 0) is 14.9 Å². The molecule has 3 heterocycles. The molecule has 7 N–H and O–H groups in total. The van der Waals surface area contributed by atoms with E-state index in [9.17, 15) is 28.5 Å². The lowest BCUT2D eigenvalue weighted by Crippen LogP contribution is -2.67. The van der Waals surface area contributed by atoms with Crippen LogP contribution in [0.25, 0.3) is 0 Å². The van der Waals surface area contributed by atoms with Gasteiger partial charge in [-0.25, -0.2) is 14.3 Å². The van der Waals surface area contributed by atoms with Crippen molar-refractivity contribution in [2.45, 2.75) is 58.4 Å². The molecule has 3 aliphatic rings. The predicted octanol–water partition coefficient (Wildman–Crippen LogP) is -1.50. The highest BCUT2D eigenvalue weighted by molar-refractivity contribution is 7.88. The molecule has 1 amide bonds. The SMILES string of the molecule is CC[N+](CC)(CC)N1C=NC2=C(C1N)N(NS(=O)(=O)NC(=O)c1ccccc1O)CN2[C@@H]1O[C@H](C)C(O)C1O. The van der Waals surface area contributed by atoms with E-state index in [4.69, 9.17) is 10.5 Å². The average Bonchev–Trinajstić information content (AvgIpc) is 3.38. The topological polar surface area (TPSA) is 193 Å². The second kappa shape index (κ2) is 10.9. The first kappa shape index (κ1) is 29.0. The van der Waals surface area contributed by atoms with Crippen LogP contribution < -0.4 is 15.3 Å². The Morgan fingerprint density at radius 1 is 1.18 bits per heavy atom. The number of quaternary nitrogens is 1. The number of aliphatic imine (C=N–C) groups is 1. The number of hydrazine groups is 1. The molecule has 39 heavy (non-hydrogen) atoms. The van der Waals surface area contributed by atoms with Gasteiger partial charge in [0.15, 0.2) is 18.2 Å². The van der Waals surface area contributed by atoms with Crippen molar-refractivity contribution in [2.24, 2.45) is 10.7 Å². The van der Waals surface area contributed by atoms with Crippen LogP contribution in [0.15, 0.2) is 40.8 Å². The summed E-state index contributed by atoms with van der Waals surface area (Å²) in [5.41, 5.74) is 6.77. The molecule has 1 saturated heterocycles. The van der Waals surface area contributed by atoms with Gasteiger partial charge < -0.3 is 30.7 Å². The van der Waals surface area contributed by atoms with E-state index in [0.29, 0.717) is 24.2 Å². The maximum atomic E-state index is 13.1. The number of aliphatic hydroxyl groups excluding tert-OH is 2. The van der Waals surface area contributed by atoms with Gasteiger partial charge in [0.2, 0.25) is 0 Å². The number of ether oxygens (including phenoxy) is 1. The Balaban J connectivity index is 1.67. The van der Waals surface area contributed by atoms with Crippen molar-refractivity contribution in [1.82, 2.24) is 24.5 Å². The zero-order valence-corrected chi connectivity index (χ0v) is 23.1. The van der Waals surface area contributed by atoms with Crippen LogP contribution in [0.1, 0.15) is 38.1 Å². The highest BCUT2D eigenvalue weighted by atomic mass is 32.2. The van der Waals surface area contributed by atoms with Gasteiger partial charge in [0.1, 0.15) is 36.7 Å². The minimum atomic E-state index is -4.53. The number of para-hydroxylation sites is 1. The third-order valence-electron chi connectivity index (χ3n) is 7.60. The van der Waals surface area contributed by atoms with Crippen LogP contribution in [0, 0.1) is 0 Å². The summed E-state index contributed by atoms with van der Waals surface area (Å²) in [6.07, 6.45) is -3.47. The third kappa shape index (κ3) is 5.16. The van der Waals surface area contributed by atoms with Gasteiger partial charge >= 0.3 is 10.2 Å². The number of hydrogen-bond donors (Lipinski definition) is 6. The number of carbonyl (C=O) groups excluding carboxylic acids is 1. The van der Waals surface area contributed by atoms with Gasteiger partial charge in [0, 0.05) is 0 Å². The van der Waals surface area contributed by atoms with Gasteiger partial charge in [-0.2, -0.15) is 13.4 Å². The summed E-state index contributed by atoms with van der Waals surface area (Å²) in [7, 11) is -4.53. The lowest BCUT2D eigenvalue weighted by Gasteiger charge is -2.47. The first-order valence-electron chi connectivity index (χ1n) is 12.8. The predicted molar refractivity (Wildman–Crippen MR) is 140 cm³/mol. The summed E-state index contributed by atoms with van der Waals surface area (Å²) in [4.78, 5) is 21.0. The van der Waals surface area contributed by atoms with Gasteiger partial charge in [-0.1, -0.05) is 12.1 Å². The van der Waals surface area contributed by atoms with E-state index in [0.717, 1.165) is 0 Å². The standard InChI is InChI=1S/C23H36N8O7S/c1-5-31(6-2,7-3)30-12-25-21-17(20(30)24)29(13-28(21)23-19(34)18(33)14(4)38-23)27-39(36,37)26-22(35)15-10-8-9-11-16(15)32/h8-12,14,18-20,23,27,33-34H,5-7,13,24H2,1-4H3,(H-,26,32,35)/p+1/t14-,18?,19?,20?,23-/m1/s1. The van der Waals surface area contributed by atoms with Gasteiger partial charge in [-0.15, -0.1) is 4.83 Å². The molecule has 0 spiro atoms. The molecule has 0 bridgehead atoms. The number of phenolic OH excluding ortho intramolecular Hbond substituents is 1. The van der Waals surface area contributed by atoms with Crippen LogP contribution in [0.5, 0.6) is 5.75 Å². The highest BCUT2D eigenvalue weighted by Gasteiger charge is 2.51. The molecule has 3 unspecified atom stereocenters. The summed E-state index contributed by atoms with van der Waals surface area (Å²) >= 11 is 0. The molecule has 3 aliphatic heterocycles. The molecule has 1 aromatic carbocycles. The molecule has 4 rings (SSSR count). The lowest BCUT2D eigenvalue weighted by molar-refractivity contribution is -1.02. The molecule has 16 heteroatoms. The Morgan fingerprint density at radius 3 is 2.38 bits per heavy atom. The molecule has 0 radical (unpaired) electrons. The zero-order chi connectivity index (χ0) is 28.7. The summed E-state index contributed by atoms with van der Waals surface area (Å²) < 4.78 is 34.3. The number of nitrogens with two attached hydrogens (primary N) is 1.